The van der Waals surface area contributed by atoms with Crippen molar-refractivity contribution in [3.63, 3.8) is 0 Å². The van der Waals surface area contributed by atoms with Gasteiger partial charge >= 0.3 is 5.63 Å². The topological polar surface area (TPSA) is 79.6 Å². The Morgan fingerprint density at radius 3 is 2.22 bits per heavy atom. The van der Waals surface area contributed by atoms with Crippen molar-refractivity contribution in [1.82, 2.24) is 4.90 Å². The fourth-order valence-corrected chi connectivity index (χ4v) is 4.83. The number of rotatable bonds is 7. The van der Waals surface area contributed by atoms with E-state index in [2.05, 4.69) is 4.90 Å². The molecule has 192 valence electrons. The molecule has 8 nitrogen and oxygen atoms in total. The quantitative estimate of drug-likeness (QED) is 0.320. The van der Waals surface area contributed by atoms with E-state index in [0.717, 1.165) is 27.8 Å². The lowest BCUT2D eigenvalue weighted by atomic mass is 9.97. The second kappa shape index (κ2) is 10.1. The number of hydrogen-bond acceptors (Lipinski definition) is 8. The Labute approximate surface area is 214 Å². The SMILES string of the molecule is COc1ccc(CN2COc3ccc4c(C)c(-c5ccc(OC)c(OC)c5)c(=O)oc4c3C2)cc1OC. The third-order valence-electron chi connectivity index (χ3n) is 6.71. The molecule has 0 amide bonds. The van der Waals surface area contributed by atoms with Crippen LogP contribution in [0.3, 0.4) is 0 Å². The van der Waals surface area contributed by atoms with E-state index in [-0.39, 0.29) is 0 Å². The van der Waals surface area contributed by atoms with E-state index in [0.29, 0.717) is 59.5 Å². The highest BCUT2D eigenvalue weighted by atomic mass is 16.5. The molecule has 0 unspecified atom stereocenters. The molecule has 2 heterocycles. The van der Waals surface area contributed by atoms with Gasteiger partial charge in [0.15, 0.2) is 23.0 Å². The van der Waals surface area contributed by atoms with Gasteiger partial charge in [0.25, 0.3) is 0 Å². The van der Waals surface area contributed by atoms with Crippen LogP contribution in [0.5, 0.6) is 28.7 Å². The number of benzene rings is 3. The predicted molar refractivity (Wildman–Crippen MR) is 140 cm³/mol. The largest absolute Gasteiger partial charge is 0.493 e. The van der Waals surface area contributed by atoms with Gasteiger partial charge in [0.2, 0.25) is 0 Å². The van der Waals surface area contributed by atoms with Crippen LogP contribution in [0.1, 0.15) is 16.7 Å². The highest BCUT2D eigenvalue weighted by Gasteiger charge is 2.24. The van der Waals surface area contributed by atoms with Crippen molar-refractivity contribution >= 4 is 11.0 Å². The van der Waals surface area contributed by atoms with Crippen LogP contribution in [-0.2, 0) is 13.1 Å². The Bertz CT molecular complexity index is 1530. The fraction of sp³-hybridized carbons (Fsp3) is 0.276. The monoisotopic (exact) mass is 503 g/mol. The lowest BCUT2D eigenvalue weighted by Gasteiger charge is -2.29. The van der Waals surface area contributed by atoms with Gasteiger partial charge in [0.05, 0.1) is 39.6 Å². The molecule has 0 spiro atoms. The van der Waals surface area contributed by atoms with Crippen LogP contribution in [0.25, 0.3) is 22.1 Å². The van der Waals surface area contributed by atoms with Gasteiger partial charge in [-0.05, 0) is 60.0 Å². The molecular weight excluding hydrogens is 474 g/mol. The zero-order valence-electron chi connectivity index (χ0n) is 21.5. The summed E-state index contributed by atoms with van der Waals surface area (Å²) in [5.41, 5.74) is 4.06. The van der Waals surface area contributed by atoms with E-state index in [1.807, 2.05) is 43.3 Å². The third kappa shape index (κ3) is 4.44. The molecule has 4 aromatic rings. The van der Waals surface area contributed by atoms with Gasteiger partial charge in [0, 0.05) is 18.5 Å². The van der Waals surface area contributed by atoms with Gasteiger partial charge in [-0.15, -0.1) is 0 Å². The first-order valence-electron chi connectivity index (χ1n) is 11.8. The lowest BCUT2D eigenvalue weighted by molar-refractivity contribution is 0.0889. The van der Waals surface area contributed by atoms with Crippen molar-refractivity contribution in [2.75, 3.05) is 35.2 Å². The minimum absolute atomic E-state index is 0.414. The van der Waals surface area contributed by atoms with Crippen molar-refractivity contribution in [3.05, 3.63) is 75.6 Å². The van der Waals surface area contributed by atoms with E-state index < -0.39 is 5.63 Å². The molecule has 3 aromatic carbocycles. The Morgan fingerprint density at radius 2 is 1.51 bits per heavy atom. The average molecular weight is 504 g/mol. The number of nitrogens with zero attached hydrogens (tertiary/aromatic N) is 1. The van der Waals surface area contributed by atoms with Gasteiger partial charge < -0.3 is 28.1 Å². The first-order valence-corrected chi connectivity index (χ1v) is 11.8. The van der Waals surface area contributed by atoms with Crippen LogP contribution in [0.15, 0.2) is 57.7 Å². The van der Waals surface area contributed by atoms with E-state index in [1.165, 1.54) is 0 Å². The molecule has 0 saturated carbocycles. The van der Waals surface area contributed by atoms with Crippen molar-refractivity contribution in [3.8, 4) is 39.9 Å². The smallest absolute Gasteiger partial charge is 0.344 e. The molecule has 1 aliphatic rings. The van der Waals surface area contributed by atoms with Gasteiger partial charge in [0.1, 0.15) is 18.1 Å². The molecule has 0 radical (unpaired) electrons. The van der Waals surface area contributed by atoms with Crippen LogP contribution in [-0.4, -0.2) is 40.1 Å². The molecule has 1 aliphatic heterocycles. The first kappa shape index (κ1) is 24.5. The van der Waals surface area contributed by atoms with Crippen molar-refractivity contribution < 1.29 is 28.1 Å². The van der Waals surface area contributed by atoms with E-state index >= 15 is 0 Å². The molecule has 0 N–H and O–H groups in total. The second-order valence-corrected chi connectivity index (χ2v) is 8.83. The molecule has 0 saturated heterocycles. The summed E-state index contributed by atoms with van der Waals surface area (Å²) in [6, 6.07) is 15.1. The maximum Gasteiger partial charge on any atom is 0.344 e. The van der Waals surface area contributed by atoms with E-state index in [9.17, 15) is 4.79 Å². The summed E-state index contributed by atoms with van der Waals surface area (Å²) in [6.45, 7) is 3.55. The summed E-state index contributed by atoms with van der Waals surface area (Å²) in [5, 5.41) is 0.861. The maximum absolute atomic E-state index is 13.3. The van der Waals surface area contributed by atoms with Crippen molar-refractivity contribution in [2.45, 2.75) is 20.0 Å². The first-order chi connectivity index (χ1) is 18.0. The second-order valence-electron chi connectivity index (χ2n) is 8.83. The summed E-state index contributed by atoms with van der Waals surface area (Å²) < 4.78 is 33.6. The highest BCUT2D eigenvalue weighted by molar-refractivity contribution is 5.90. The number of ether oxygens (including phenoxy) is 5. The average Bonchev–Trinajstić information content (AvgIpc) is 2.92. The van der Waals surface area contributed by atoms with Crippen molar-refractivity contribution in [1.29, 1.82) is 0 Å². The Balaban J connectivity index is 1.51. The normalized spacial score (nSPS) is 13.1. The molecule has 0 aliphatic carbocycles. The molecule has 1 aromatic heterocycles. The molecule has 5 rings (SSSR count). The molecule has 37 heavy (non-hydrogen) atoms. The lowest BCUT2D eigenvalue weighted by Crippen LogP contribution is -2.31. The van der Waals surface area contributed by atoms with Crippen LogP contribution >= 0.6 is 0 Å². The zero-order valence-corrected chi connectivity index (χ0v) is 21.5. The minimum Gasteiger partial charge on any atom is -0.493 e. The van der Waals surface area contributed by atoms with E-state index in [4.69, 9.17) is 28.1 Å². The summed E-state index contributed by atoms with van der Waals surface area (Å²) in [4.78, 5) is 15.4. The molecule has 8 heteroatoms. The van der Waals surface area contributed by atoms with Crippen LogP contribution in [0, 0.1) is 6.92 Å². The van der Waals surface area contributed by atoms with Gasteiger partial charge in [-0.2, -0.15) is 0 Å². The zero-order chi connectivity index (χ0) is 26.1. The standard InChI is InChI=1S/C29H29NO7/c1-17-20-8-11-22-21(15-30(16-36-22)14-18-6-9-23(32-2)25(12-18)34-4)28(20)37-29(31)27(17)19-7-10-24(33-3)26(13-19)35-5/h6-13H,14-16H2,1-5H3. The molecule has 0 bridgehead atoms. The summed E-state index contributed by atoms with van der Waals surface area (Å²) >= 11 is 0. The highest BCUT2D eigenvalue weighted by Crippen LogP contribution is 2.38. The minimum atomic E-state index is -0.414. The summed E-state index contributed by atoms with van der Waals surface area (Å²) in [6.07, 6.45) is 0. The Kier molecular flexibility index (Phi) is 6.67. The predicted octanol–water partition coefficient (Wildman–Crippen LogP) is 5.15. The van der Waals surface area contributed by atoms with Gasteiger partial charge in [-0.3, -0.25) is 4.90 Å². The van der Waals surface area contributed by atoms with Gasteiger partial charge in [-0.25, -0.2) is 4.79 Å². The van der Waals surface area contributed by atoms with Crippen LogP contribution in [0.2, 0.25) is 0 Å². The summed E-state index contributed by atoms with van der Waals surface area (Å²) in [7, 11) is 6.38. The van der Waals surface area contributed by atoms with Crippen molar-refractivity contribution in [2.24, 2.45) is 0 Å². The molecule has 0 fully saturated rings. The van der Waals surface area contributed by atoms with Gasteiger partial charge in [-0.1, -0.05) is 12.1 Å². The maximum atomic E-state index is 13.3. The fourth-order valence-electron chi connectivity index (χ4n) is 4.83. The van der Waals surface area contributed by atoms with Crippen LogP contribution in [0.4, 0.5) is 0 Å². The molecule has 0 atom stereocenters. The number of fused-ring (bicyclic) bond motifs is 3. The molecular formula is C29H29NO7. The number of aryl methyl sites for hydroxylation is 1. The van der Waals surface area contributed by atoms with Crippen LogP contribution < -0.4 is 29.3 Å². The Hall–Kier alpha value is -4.17. The van der Waals surface area contributed by atoms with E-state index in [1.54, 1.807) is 40.6 Å². The summed E-state index contributed by atoms with van der Waals surface area (Å²) in [5.74, 6) is 3.21. The third-order valence-corrected chi connectivity index (χ3v) is 6.71. The number of methoxy groups -OCH3 is 4. The number of hydrogen-bond donors (Lipinski definition) is 0. The Morgan fingerprint density at radius 1 is 0.838 bits per heavy atom.